The number of hydrogen-bond donors (Lipinski definition) is 2. The third-order valence-electron chi connectivity index (χ3n) is 2.56. The molecule has 0 heterocycles. The summed E-state index contributed by atoms with van der Waals surface area (Å²) >= 11 is 5.90. The van der Waals surface area contributed by atoms with Crippen LogP contribution in [-0.2, 0) is 4.74 Å². The summed E-state index contributed by atoms with van der Waals surface area (Å²) in [6.07, 6.45) is -1.89. The van der Waals surface area contributed by atoms with Crippen LogP contribution in [0.15, 0.2) is 24.3 Å². The fourth-order valence-electron chi connectivity index (χ4n) is 1.37. The standard InChI is InChI=1S/C12H15ClO4/c1-7(17-2)10(13)12(16)11(15)8-5-3-4-6-9(8)14/h3-7,10,12,14,16H,1-2H3. The third-order valence-corrected chi connectivity index (χ3v) is 3.15. The van der Waals surface area contributed by atoms with Gasteiger partial charge in [-0.25, -0.2) is 0 Å². The van der Waals surface area contributed by atoms with Gasteiger partial charge in [-0.15, -0.1) is 11.6 Å². The van der Waals surface area contributed by atoms with Crippen LogP contribution in [0.25, 0.3) is 0 Å². The van der Waals surface area contributed by atoms with Gasteiger partial charge >= 0.3 is 0 Å². The first kappa shape index (κ1) is 14.0. The summed E-state index contributed by atoms with van der Waals surface area (Å²) in [5, 5.41) is 18.4. The second-order valence-corrected chi connectivity index (χ2v) is 4.22. The summed E-state index contributed by atoms with van der Waals surface area (Å²) in [6.45, 7) is 1.65. The number of hydrogen-bond acceptors (Lipinski definition) is 4. The molecule has 5 heteroatoms. The Kier molecular flexibility index (Phi) is 4.93. The number of phenolic OH excluding ortho intramolecular Hbond substituents is 1. The number of phenols is 1. The van der Waals surface area contributed by atoms with Crippen LogP contribution in [0.2, 0.25) is 0 Å². The Bertz CT molecular complexity index is 394. The van der Waals surface area contributed by atoms with E-state index in [0.29, 0.717) is 0 Å². The lowest BCUT2D eigenvalue weighted by Gasteiger charge is -2.21. The van der Waals surface area contributed by atoms with Gasteiger partial charge in [-0.05, 0) is 19.1 Å². The molecule has 94 valence electrons. The highest BCUT2D eigenvalue weighted by Crippen LogP contribution is 2.21. The maximum atomic E-state index is 11.9. The number of alkyl halides is 1. The largest absolute Gasteiger partial charge is 0.507 e. The molecule has 1 aromatic rings. The van der Waals surface area contributed by atoms with Gasteiger partial charge in [0.15, 0.2) is 5.78 Å². The molecule has 0 fully saturated rings. The number of halogens is 1. The summed E-state index contributed by atoms with van der Waals surface area (Å²) in [6, 6.07) is 6.00. The van der Waals surface area contributed by atoms with Gasteiger partial charge in [0.1, 0.15) is 11.9 Å². The highest BCUT2D eigenvalue weighted by Gasteiger charge is 2.30. The number of carbonyl (C=O) groups excluding carboxylic acids is 1. The van der Waals surface area contributed by atoms with Crippen molar-refractivity contribution in [3.05, 3.63) is 29.8 Å². The first-order valence-corrected chi connectivity index (χ1v) is 5.59. The summed E-state index contributed by atoms with van der Waals surface area (Å²) in [5.41, 5.74) is 0.0500. The Morgan fingerprint density at radius 1 is 1.41 bits per heavy atom. The average Bonchev–Trinajstić information content (AvgIpc) is 2.35. The topological polar surface area (TPSA) is 66.8 Å². The number of aliphatic hydroxyl groups excluding tert-OH is 1. The predicted molar refractivity (Wildman–Crippen MR) is 64.6 cm³/mol. The smallest absolute Gasteiger partial charge is 0.196 e. The molecule has 0 amide bonds. The summed E-state index contributed by atoms with van der Waals surface area (Å²) in [5.74, 6) is -0.794. The maximum absolute atomic E-state index is 11.9. The van der Waals surface area contributed by atoms with Gasteiger partial charge in [-0.2, -0.15) is 0 Å². The lowest BCUT2D eigenvalue weighted by Crippen LogP contribution is -2.38. The second-order valence-electron chi connectivity index (χ2n) is 3.71. The number of methoxy groups -OCH3 is 1. The van der Waals surface area contributed by atoms with E-state index in [-0.39, 0.29) is 11.3 Å². The van der Waals surface area contributed by atoms with E-state index in [9.17, 15) is 15.0 Å². The fraction of sp³-hybridized carbons (Fsp3) is 0.417. The molecule has 0 saturated heterocycles. The predicted octanol–water partition coefficient (Wildman–Crippen LogP) is 1.58. The molecule has 4 nitrogen and oxygen atoms in total. The van der Waals surface area contributed by atoms with E-state index in [2.05, 4.69) is 0 Å². The first-order chi connectivity index (χ1) is 7.99. The number of benzene rings is 1. The zero-order valence-corrected chi connectivity index (χ0v) is 10.4. The van der Waals surface area contributed by atoms with E-state index in [1.54, 1.807) is 19.1 Å². The molecule has 17 heavy (non-hydrogen) atoms. The van der Waals surface area contributed by atoms with Crippen molar-refractivity contribution in [2.75, 3.05) is 7.11 Å². The molecule has 3 unspecified atom stereocenters. The molecular formula is C12H15ClO4. The Morgan fingerprint density at radius 2 is 2.00 bits per heavy atom. The molecule has 1 aromatic carbocycles. The third kappa shape index (κ3) is 3.19. The number of ketones is 1. The quantitative estimate of drug-likeness (QED) is 0.622. The monoisotopic (exact) mass is 258 g/mol. The van der Waals surface area contributed by atoms with Crippen molar-refractivity contribution in [2.24, 2.45) is 0 Å². The second kappa shape index (κ2) is 6.00. The molecule has 2 N–H and O–H groups in total. The molecule has 0 aromatic heterocycles. The zero-order chi connectivity index (χ0) is 13.0. The van der Waals surface area contributed by atoms with E-state index < -0.39 is 23.4 Å². The molecule has 0 bridgehead atoms. The number of para-hydroxylation sites is 1. The van der Waals surface area contributed by atoms with Crippen LogP contribution in [0.5, 0.6) is 5.75 Å². The van der Waals surface area contributed by atoms with E-state index in [1.807, 2.05) is 0 Å². The minimum Gasteiger partial charge on any atom is -0.507 e. The molecule has 3 atom stereocenters. The minimum absolute atomic E-state index is 0.0500. The Labute approximate surface area is 105 Å². The molecule has 0 saturated carbocycles. The van der Waals surface area contributed by atoms with E-state index in [1.165, 1.54) is 19.2 Å². The number of aromatic hydroxyl groups is 1. The van der Waals surface area contributed by atoms with Crippen molar-refractivity contribution >= 4 is 17.4 Å². The molecule has 0 aliphatic rings. The number of ether oxygens (including phenoxy) is 1. The van der Waals surface area contributed by atoms with E-state index >= 15 is 0 Å². The summed E-state index contributed by atoms with van der Waals surface area (Å²) in [4.78, 5) is 11.9. The van der Waals surface area contributed by atoms with Crippen molar-refractivity contribution in [3.8, 4) is 5.75 Å². The first-order valence-electron chi connectivity index (χ1n) is 5.16. The molecular weight excluding hydrogens is 244 g/mol. The van der Waals surface area contributed by atoms with E-state index in [4.69, 9.17) is 16.3 Å². The van der Waals surface area contributed by atoms with Gasteiger partial charge in [-0.3, -0.25) is 4.79 Å². The van der Waals surface area contributed by atoms with Crippen molar-refractivity contribution in [1.82, 2.24) is 0 Å². The maximum Gasteiger partial charge on any atom is 0.196 e. The number of carbonyl (C=O) groups is 1. The number of aliphatic hydroxyl groups is 1. The Morgan fingerprint density at radius 3 is 2.53 bits per heavy atom. The Hall–Kier alpha value is -1.10. The SMILES string of the molecule is COC(C)C(Cl)C(O)C(=O)c1ccccc1O. The number of rotatable bonds is 5. The van der Waals surface area contributed by atoms with Gasteiger partial charge < -0.3 is 14.9 Å². The summed E-state index contributed by atoms with van der Waals surface area (Å²) in [7, 11) is 1.44. The molecule has 0 aliphatic carbocycles. The molecule has 0 radical (unpaired) electrons. The summed E-state index contributed by atoms with van der Waals surface area (Å²) < 4.78 is 4.94. The van der Waals surface area contributed by atoms with Crippen LogP contribution in [0, 0.1) is 0 Å². The van der Waals surface area contributed by atoms with Gasteiger partial charge in [0.2, 0.25) is 0 Å². The van der Waals surface area contributed by atoms with Crippen LogP contribution in [-0.4, -0.2) is 40.7 Å². The lowest BCUT2D eigenvalue weighted by atomic mass is 10.0. The molecule has 0 spiro atoms. The normalized spacial score (nSPS) is 16.2. The van der Waals surface area contributed by atoms with Crippen molar-refractivity contribution in [2.45, 2.75) is 24.5 Å². The fourth-order valence-corrected chi connectivity index (χ4v) is 1.59. The number of Topliss-reactive ketones (excluding diaryl/α,β-unsaturated/α-hetero) is 1. The Balaban J connectivity index is 2.87. The van der Waals surface area contributed by atoms with Gasteiger partial charge in [0.25, 0.3) is 0 Å². The van der Waals surface area contributed by atoms with Crippen molar-refractivity contribution in [3.63, 3.8) is 0 Å². The average molecular weight is 259 g/mol. The zero-order valence-electron chi connectivity index (χ0n) is 9.63. The van der Waals surface area contributed by atoms with Crippen LogP contribution >= 0.6 is 11.6 Å². The van der Waals surface area contributed by atoms with Gasteiger partial charge in [0, 0.05) is 7.11 Å². The van der Waals surface area contributed by atoms with Crippen LogP contribution in [0.3, 0.4) is 0 Å². The van der Waals surface area contributed by atoms with Crippen LogP contribution in [0.1, 0.15) is 17.3 Å². The van der Waals surface area contributed by atoms with Crippen LogP contribution < -0.4 is 0 Å². The molecule has 0 aliphatic heterocycles. The van der Waals surface area contributed by atoms with Gasteiger partial charge in [0.05, 0.1) is 17.0 Å². The highest BCUT2D eigenvalue weighted by atomic mass is 35.5. The lowest BCUT2D eigenvalue weighted by molar-refractivity contribution is 0.0484. The van der Waals surface area contributed by atoms with Crippen molar-refractivity contribution in [1.29, 1.82) is 0 Å². The van der Waals surface area contributed by atoms with Gasteiger partial charge in [-0.1, -0.05) is 12.1 Å². The van der Waals surface area contributed by atoms with Crippen LogP contribution in [0.4, 0.5) is 0 Å². The minimum atomic E-state index is -1.42. The highest BCUT2D eigenvalue weighted by molar-refractivity contribution is 6.24. The van der Waals surface area contributed by atoms with Crippen molar-refractivity contribution < 1.29 is 19.7 Å². The van der Waals surface area contributed by atoms with E-state index in [0.717, 1.165) is 0 Å². The molecule has 1 rings (SSSR count).